The number of nitrogens with one attached hydrogen (secondary N) is 3. The van der Waals surface area contributed by atoms with E-state index in [4.69, 9.17) is 0 Å². The van der Waals surface area contributed by atoms with Crippen molar-refractivity contribution in [2.75, 3.05) is 23.3 Å². The highest BCUT2D eigenvalue weighted by atomic mass is 79.9. The predicted molar refractivity (Wildman–Crippen MR) is 88.6 cm³/mol. The lowest BCUT2D eigenvalue weighted by Gasteiger charge is -2.18. The van der Waals surface area contributed by atoms with Crippen LogP contribution in [0.2, 0.25) is 0 Å². The lowest BCUT2D eigenvalue weighted by atomic mass is 10.2. The fourth-order valence-corrected chi connectivity index (χ4v) is 3.13. The quantitative estimate of drug-likeness (QED) is 0.760. The molecule has 1 aliphatic rings. The molecule has 1 aliphatic heterocycles. The van der Waals surface area contributed by atoms with Crippen LogP contribution in [0, 0.1) is 6.92 Å². The summed E-state index contributed by atoms with van der Waals surface area (Å²) in [5.74, 6) is 1.35. The molecule has 2 aromatic heterocycles. The Bertz CT molecular complexity index is 772. The first kappa shape index (κ1) is 14.8. The Balaban J connectivity index is 1.72. The second kappa shape index (κ2) is 5.96. The van der Waals surface area contributed by atoms with E-state index in [2.05, 4.69) is 36.2 Å². The van der Waals surface area contributed by atoms with E-state index < -0.39 is 11.2 Å². The molecule has 0 amide bonds. The number of aromatic amines is 2. The van der Waals surface area contributed by atoms with Crippen molar-refractivity contribution in [1.82, 2.24) is 15.0 Å². The number of aromatic nitrogens is 3. The lowest BCUT2D eigenvalue weighted by Crippen LogP contribution is -2.31. The van der Waals surface area contributed by atoms with Crippen LogP contribution in [0.3, 0.4) is 0 Å². The van der Waals surface area contributed by atoms with Crippen molar-refractivity contribution >= 4 is 27.6 Å². The first-order valence-corrected chi connectivity index (χ1v) is 7.78. The zero-order valence-corrected chi connectivity index (χ0v) is 13.6. The molecule has 0 radical (unpaired) electrons. The summed E-state index contributed by atoms with van der Waals surface area (Å²) in [5.41, 5.74) is 0.214. The van der Waals surface area contributed by atoms with Crippen LogP contribution >= 0.6 is 15.9 Å². The number of aryl methyl sites for hydroxylation is 1. The maximum Gasteiger partial charge on any atom is 0.327 e. The molecule has 116 valence electrons. The van der Waals surface area contributed by atoms with Gasteiger partial charge in [-0.3, -0.25) is 14.8 Å². The van der Waals surface area contributed by atoms with Crippen molar-refractivity contribution in [3.8, 4) is 0 Å². The average molecular weight is 366 g/mol. The fraction of sp³-hybridized carbons (Fsp3) is 0.357. The number of hydrogen-bond donors (Lipinski definition) is 3. The summed E-state index contributed by atoms with van der Waals surface area (Å²) in [4.78, 5) is 33.9. The monoisotopic (exact) mass is 365 g/mol. The van der Waals surface area contributed by atoms with Gasteiger partial charge in [-0.25, -0.2) is 9.78 Å². The molecule has 3 heterocycles. The molecule has 22 heavy (non-hydrogen) atoms. The summed E-state index contributed by atoms with van der Waals surface area (Å²) in [6.45, 7) is 3.45. The first-order valence-electron chi connectivity index (χ1n) is 6.98. The van der Waals surface area contributed by atoms with Crippen LogP contribution in [-0.4, -0.2) is 34.1 Å². The second-order valence-corrected chi connectivity index (χ2v) is 6.25. The number of nitrogens with zero attached hydrogens (tertiary/aromatic N) is 2. The number of H-pyrrole nitrogens is 2. The molecule has 0 aliphatic carbocycles. The highest BCUT2D eigenvalue weighted by Gasteiger charge is 2.24. The van der Waals surface area contributed by atoms with Gasteiger partial charge in [-0.05, 0) is 40.9 Å². The standard InChI is InChI=1S/C14H16BrN5O2/c1-8-4-10(15)13(16-6-8)17-9-2-3-20(7-9)11-5-12(21)19-14(22)18-11/h4-6,9H,2-3,7H2,1H3,(H,16,17)(H2,18,19,21,22)/t9-/m0/s1. The van der Waals surface area contributed by atoms with Gasteiger partial charge in [0.15, 0.2) is 0 Å². The first-order chi connectivity index (χ1) is 10.5. The van der Waals surface area contributed by atoms with E-state index in [1.54, 1.807) is 0 Å². The Morgan fingerprint density at radius 1 is 1.36 bits per heavy atom. The summed E-state index contributed by atoms with van der Waals surface area (Å²) >= 11 is 3.50. The van der Waals surface area contributed by atoms with Crippen LogP contribution < -0.4 is 21.5 Å². The average Bonchev–Trinajstić information content (AvgIpc) is 2.89. The van der Waals surface area contributed by atoms with Crippen molar-refractivity contribution in [2.45, 2.75) is 19.4 Å². The van der Waals surface area contributed by atoms with Crippen molar-refractivity contribution in [3.05, 3.63) is 49.2 Å². The van der Waals surface area contributed by atoms with Gasteiger partial charge in [0.05, 0.1) is 4.47 Å². The third-order valence-corrected chi connectivity index (χ3v) is 4.20. The molecule has 0 spiro atoms. The minimum absolute atomic E-state index is 0.203. The number of rotatable bonds is 3. The molecule has 0 saturated carbocycles. The van der Waals surface area contributed by atoms with Gasteiger partial charge in [-0.1, -0.05) is 0 Å². The van der Waals surface area contributed by atoms with Gasteiger partial charge in [0.1, 0.15) is 11.6 Å². The third-order valence-electron chi connectivity index (χ3n) is 3.59. The third kappa shape index (κ3) is 3.22. The highest BCUT2D eigenvalue weighted by Crippen LogP contribution is 2.24. The molecule has 0 unspecified atom stereocenters. The van der Waals surface area contributed by atoms with Crippen LogP contribution in [0.15, 0.2) is 32.4 Å². The molecule has 8 heteroatoms. The number of pyridine rings is 1. The largest absolute Gasteiger partial charge is 0.365 e. The number of halogens is 1. The second-order valence-electron chi connectivity index (χ2n) is 5.39. The van der Waals surface area contributed by atoms with Crippen molar-refractivity contribution < 1.29 is 0 Å². The fourth-order valence-electron chi connectivity index (χ4n) is 2.56. The Labute approximate surface area is 134 Å². The molecule has 1 saturated heterocycles. The van der Waals surface area contributed by atoms with E-state index in [1.807, 2.05) is 24.1 Å². The van der Waals surface area contributed by atoms with E-state index in [-0.39, 0.29) is 6.04 Å². The molecule has 2 aromatic rings. The Hall–Kier alpha value is -2.09. The highest BCUT2D eigenvalue weighted by molar-refractivity contribution is 9.10. The van der Waals surface area contributed by atoms with Gasteiger partial charge >= 0.3 is 5.69 Å². The van der Waals surface area contributed by atoms with Gasteiger partial charge in [-0.2, -0.15) is 0 Å². The maximum atomic E-state index is 11.4. The Kier molecular flexibility index (Phi) is 4.02. The van der Waals surface area contributed by atoms with Gasteiger partial charge in [-0.15, -0.1) is 0 Å². The molecule has 3 rings (SSSR count). The summed E-state index contributed by atoms with van der Waals surface area (Å²) in [6.07, 6.45) is 2.71. The van der Waals surface area contributed by atoms with E-state index in [1.165, 1.54) is 6.07 Å². The van der Waals surface area contributed by atoms with Crippen molar-refractivity contribution in [2.24, 2.45) is 0 Å². The molecule has 3 N–H and O–H groups in total. The normalized spacial score (nSPS) is 17.7. The van der Waals surface area contributed by atoms with E-state index >= 15 is 0 Å². The number of hydrogen-bond acceptors (Lipinski definition) is 5. The topological polar surface area (TPSA) is 93.9 Å². The number of anilines is 2. The lowest BCUT2D eigenvalue weighted by molar-refractivity contribution is 0.797. The van der Waals surface area contributed by atoms with Gasteiger partial charge < -0.3 is 10.2 Å². The molecule has 0 aromatic carbocycles. The molecule has 7 nitrogen and oxygen atoms in total. The van der Waals surface area contributed by atoms with Crippen LogP contribution in [0.5, 0.6) is 0 Å². The van der Waals surface area contributed by atoms with Crippen LogP contribution in [0.1, 0.15) is 12.0 Å². The van der Waals surface area contributed by atoms with E-state index in [9.17, 15) is 9.59 Å². The van der Waals surface area contributed by atoms with Crippen LogP contribution in [0.4, 0.5) is 11.6 Å². The summed E-state index contributed by atoms with van der Waals surface area (Å²) < 4.78 is 0.926. The predicted octanol–water partition coefficient (Wildman–Crippen LogP) is 1.22. The van der Waals surface area contributed by atoms with Crippen LogP contribution in [-0.2, 0) is 0 Å². The molecule has 1 atom stereocenters. The molecular weight excluding hydrogens is 350 g/mol. The SMILES string of the molecule is Cc1cnc(N[C@H]2CCN(c3cc(=O)[nH]c(=O)[nH]3)C2)c(Br)c1. The molecular formula is C14H16BrN5O2. The van der Waals surface area contributed by atoms with Crippen molar-refractivity contribution in [1.29, 1.82) is 0 Å². The minimum Gasteiger partial charge on any atom is -0.365 e. The van der Waals surface area contributed by atoms with Gasteiger partial charge in [0, 0.05) is 31.4 Å². The Morgan fingerprint density at radius 2 is 2.18 bits per heavy atom. The maximum absolute atomic E-state index is 11.4. The minimum atomic E-state index is -0.484. The summed E-state index contributed by atoms with van der Waals surface area (Å²) in [5, 5.41) is 3.39. The van der Waals surface area contributed by atoms with E-state index in [0.29, 0.717) is 12.4 Å². The smallest absolute Gasteiger partial charge is 0.327 e. The summed E-state index contributed by atoms with van der Waals surface area (Å²) in [7, 11) is 0. The van der Waals surface area contributed by atoms with Gasteiger partial charge in [0.2, 0.25) is 0 Å². The Morgan fingerprint density at radius 3 is 2.91 bits per heavy atom. The zero-order valence-electron chi connectivity index (χ0n) is 12.0. The van der Waals surface area contributed by atoms with E-state index in [0.717, 1.165) is 28.8 Å². The van der Waals surface area contributed by atoms with Gasteiger partial charge in [0.25, 0.3) is 5.56 Å². The van der Waals surface area contributed by atoms with Crippen LogP contribution in [0.25, 0.3) is 0 Å². The molecule has 1 fully saturated rings. The zero-order chi connectivity index (χ0) is 15.7. The summed E-state index contributed by atoms with van der Waals surface area (Å²) in [6, 6.07) is 3.62. The van der Waals surface area contributed by atoms with Crippen molar-refractivity contribution in [3.63, 3.8) is 0 Å². The molecule has 0 bridgehead atoms.